The summed E-state index contributed by atoms with van der Waals surface area (Å²) in [6, 6.07) is 0. The molecular formula is C12H16ClN3O3S. The highest BCUT2D eigenvalue weighted by Crippen LogP contribution is 2.51. The molecule has 0 amide bonds. The normalized spacial score (nSPS) is 19.6. The van der Waals surface area contributed by atoms with Crippen LogP contribution >= 0.6 is 22.9 Å². The maximum atomic E-state index is 11.5. The van der Waals surface area contributed by atoms with Gasteiger partial charge in [-0.15, -0.1) is 0 Å². The van der Waals surface area contributed by atoms with E-state index in [1.54, 1.807) is 0 Å². The Balaban J connectivity index is 2.01. The number of nitro groups is 1. The molecule has 20 heavy (non-hydrogen) atoms. The molecule has 0 spiro atoms. The first-order chi connectivity index (χ1) is 9.68. The lowest BCUT2D eigenvalue weighted by Crippen LogP contribution is -2.36. The van der Waals surface area contributed by atoms with Crippen LogP contribution in [0.1, 0.15) is 12.8 Å². The molecule has 0 aromatic carbocycles. The zero-order chi connectivity index (χ0) is 14.1. The van der Waals surface area contributed by atoms with Crippen LogP contribution in [-0.2, 0) is 4.74 Å². The second-order valence-electron chi connectivity index (χ2n) is 4.93. The summed E-state index contributed by atoms with van der Waals surface area (Å²) in [5.74, 6) is 0. The summed E-state index contributed by atoms with van der Waals surface area (Å²) in [5, 5.41) is 12.2. The molecule has 2 aliphatic heterocycles. The number of morpholine rings is 1. The number of hydrogen-bond acceptors (Lipinski definition) is 6. The number of halogens is 1. The van der Waals surface area contributed by atoms with E-state index in [1.165, 1.54) is 11.3 Å². The molecule has 0 N–H and O–H groups in total. The Labute approximate surface area is 126 Å². The fraction of sp³-hybridized carbons (Fsp3) is 0.667. The SMILES string of the molecule is O=[N+]([O-])c1c(N2CCCC2)sc(Cl)c1N1CCOCC1. The zero-order valence-corrected chi connectivity index (χ0v) is 12.6. The van der Waals surface area contributed by atoms with E-state index in [9.17, 15) is 10.1 Å². The van der Waals surface area contributed by atoms with Crippen molar-refractivity contribution < 1.29 is 9.66 Å². The topological polar surface area (TPSA) is 58.9 Å². The van der Waals surface area contributed by atoms with Crippen molar-refractivity contribution in [2.45, 2.75) is 12.8 Å². The molecule has 6 nitrogen and oxygen atoms in total. The highest BCUT2D eigenvalue weighted by atomic mass is 35.5. The summed E-state index contributed by atoms with van der Waals surface area (Å²) in [7, 11) is 0. The van der Waals surface area contributed by atoms with E-state index in [0.29, 0.717) is 41.3 Å². The minimum absolute atomic E-state index is 0.170. The van der Waals surface area contributed by atoms with Crippen LogP contribution < -0.4 is 9.80 Å². The van der Waals surface area contributed by atoms with Crippen LogP contribution in [0.2, 0.25) is 4.34 Å². The van der Waals surface area contributed by atoms with Crippen molar-refractivity contribution >= 4 is 39.3 Å². The van der Waals surface area contributed by atoms with Crippen molar-refractivity contribution in [3.05, 3.63) is 14.5 Å². The smallest absolute Gasteiger partial charge is 0.328 e. The van der Waals surface area contributed by atoms with Crippen molar-refractivity contribution in [3.8, 4) is 0 Å². The van der Waals surface area contributed by atoms with Crippen LogP contribution in [-0.4, -0.2) is 44.3 Å². The van der Waals surface area contributed by atoms with Crippen molar-refractivity contribution in [2.24, 2.45) is 0 Å². The Morgan fingerprint density at radius 2 is 1.80 bits per heavy atom. The largest absolute Gasteiger partial charge is 0.378 e. The van der Waals surface area contributed by atoms with E-state index >= 15 is 0 Å². The molecule has 1 aromatic heterocycles. The van der Waals surface area contributed by atoms with E-state index < -0.39 is 0 Å². The summed E-state index contributed by atoms with van der Waals surface area (Å²) >= 11 is 7.64. The van der Waals surface area contributed by atoms with Gasteiger partial charge in [-0.2, -0.15) is 0 Å². The van der Waals surface area contributed by atoms with E-state index in [0.717, 1.165) is 25.9 Å². The molecule has 8 heteroatoms. The molecule has 1 aromatic rings. The van der Waals surface area contributed by atoms with Gasteiger partial charge in [-0.3, -0.25) is 10.1 Å². The lowest BCUT2D eigenvalue weighted by Gasteiger charge is -2.27. The Morgan fingerprint density at radius 3 is 2.40 bits per heavy atom. The lowest BCUT2D eigenvalue weighted by molar-refractivity contribution is -0.383. The molecule has 0 radical (unpaired) electrons. The molecule has 2 saturated heterocycles. The monoisotopic (exact) mass is 317 g/mol. The number of ether oxygens (including phenoxy) is 1. The third-order valence-corrected chi connectivity index (χ3v) is 5.13. The van der Waals surface area contributed by atoms with Gasteiger partial charge in [0.15, 0.2) is 5.00 Å². The molecule has 2 fully saturated rings. The average Bonchev–Trinajstić information content (AvgIpc) is 3.06. The third kappa shape index (κ3) is 2.45. The number of rotatable bonds is 3. The average molecular weight is 318 g/mol. The number of hydrogen-bond donors (Lipinski definition) is 0. The highest BCUT2D eigenvalue weighted by Gasteiger charge is 2.34. The first kappa shape index (κ1) is 13.9. The van der Waals surface area contributed by atoms with Gasteiger partial charge in [0.1, 0.15) is 10.0 Å². The maximum Gasteiger partial charge on any atom is 0.328 e. The second kappa shape index (κ2) is 5.75. The molecule has 0 atom stereocenters. The fourth-order valence-electron chi connectivity index (χ4n) is 2.74. The summed E-state index contributed by atoms with van der Waals surface area (Å²) in [6.07, 6.45) is 2.17. The standard InChI is InChI=1S/C12H16ClN3O3S/c13-11-9(14-5-7-19-8-6-14)10(16(17)18)12(20-11)15-3-1-2-4-15/h1-8H2. The van der Waals surface area contributed by atoms with E-state index in [1.807, 2.05) is 4.90 Å². The highest BCUT2D eigenvalue weighted by molar-refractivity contribution is 7.21. The van der Waals surface area contributed by atoms with Gasteiger partial charge in [0.05, 0.1) is 18.1 Å². The van der Waals surface area contributed by atoms with Crippen LogP contribution in [0.25, 0.3) is 0 Å². The number of nitrogens with zero attached hydrogens (tertiary/aromatic N) is 3. The summed E-state index contributed by atoms with van der Waals surface area (Å²) < 4.78 is 5.82. The molecule has 3 heterocycles. The first-order valence-corrected chi connectivity index (χ1v) is 7.92. The van der Waals surface area contributed by atoms with Crippen molar-refractivity contribution in [1.29, 1.82) is 0 Å². The summed E-state index contributed by atoms with van der Waals surface area (Å²) in [5.41, 5.74) is 0.746. The second-order valence-corrected chi connectivity index (χ2v) is 6.53. The van der Waals surface area contributed by atoms with Crippen LogP contribution in [0.3, 0.4) is 0 Å². The lowest BCUT2D eigenvalue weighted by atomic mass is 10.3. The Bertz CT molecular complexity index is 510. The summed E-state index contributed by atoms with van der Waals surface area (Å²) in [4.78, 5) is 15.3. The Morgan fingerprint density at radius 1 is 1.15 bits per heavy atom. The Kier molecular flexibility index (Phi) is 4.00. The van der Waals surface area contributed by atoms with E-state index in [2.05, 4.69) is 4.90 Å². The van der Waals surface area contributed by atoms with Crippen molar-refractivity contribution in [1.82, 2.24) is 0 Å². The van der Waals surface area contributed by atoms with Gasteiger partial charge in [0.2, 0.25) is 0 Å². The molecule has 110 valence electrons. The van der Waals surface area contributed by atoms with Gasteiger partial charge in [0, 0.05) is 26.2 Å². The van der Waals surface area contributed by atoms with Crippen LogP contribution in [0.5, 0.6) is 0 Å². The van der Waals surface area contributed by atoms with Gasteiger partial charge >= 0.3 is 5.69 Å². The summed E-state index contributed by atoms with van der Waals surface area (Å²) in [6.45, 7) is 4.22. The molecule has 0 bridgehead atoms. The van der Waals surface area contributed by atoms with Gasteiger partial charge in [-0.05, 0) is 12.8 Å². The quantitative estimate of drug-likeness (QED) is 0.633. The predicted molar refractivity (Wildman–Crippen MR) is 80.5 cm³/mol. The minimum atomic E-state index is -0.291. The van der Waals surface area contributed by atoms with Crippen molar-refractivity contribution in [3.63, 3.8) is 0 Å². The van der Waals surface area contributed by atoms with Gasteiger partial charge in [0.25, 0.3) is 0 Å². The van der Waals surface area contributed by atoms with Crippen molar-refractivity contribution in [2.75, 3.05) is 49.2 Å². The molecule has 2 aliphatic rings. The van der Waals surface area contributed by atoms with E-state index in [4.69, 9.17) is 16.3 Å². The third-order valence-electron chi connectivity index (χ3n) is 3.70. The van der Waals surface area contributed by atoms with Gasteiger partial charge < -0.3 is 14.5 Å². The Hall–Kier alpha value is -1.05. The molecular weight excluding hydrogens is 302 g/mol. The van der Waals surface area contributed by atoms with Crippen LogP contribution in [0.15, 0.2) is 0 Å². The van der Waals surface area contributed by atoms with Crippen LogP contribution in [0.4, 0.5) is 16.4 Å². The van der Waals surface area contributed by atoms with Crippen LogP contribution in [0, 0.1) is 10.1 Å². The van der Waals surface area contributed by atoms with Gasteiger partial charge in [-0.25, -0.2) is 0 Å². The minimum Gasteiger partial charge on any atom is -0.378 e. The number of thiophene rings is 1. The predicted octanol–water partition coefficient (Wildman–Crippen LogP) is 2.75. The molecule has 0 unspecified atom stereocenters. The van der Waals surface area contributed by atoms with Gasteiger partial charge in [-0.1, -0.05) is 22.9 Å². The maximum absolute atomic E-state index is 11.5. The van der Waals surface area contributed by atoms with E-state index in [-0.39, 0.29) is 10.6 Å². The first-order valence-electron chi connectivity index (χ1n) is 6.73. The molecule has 0 aliphatic carbocycles. The molecule has 3 rings (SSSR count). The zero-order valence-electron chi connectivity index (χ0n) is 11.0. The molecule has 0 saturated carbocycles. The number of anilines is 2. The fourth-order valence-corrected chi connectivity index (χ4v) is 4.24.